The molecule has 2 aliphatic heterocycles. The molecule has 0 saturated carbocycles. The molecule has 2 aliphatic rings. The Morgan fingerprint density at radius 1 is 1.33 bits per heavy atom. The molecule has 1 atom stereocenters. The number of hydrogen-bond acceptors (Lipinski definition) is 3. The molecule has 0 bridgehead atoms. The van der Waals surface area contributed by atoms with Gasteiger partial charge in [0, 0.05) is 36.7 Å². The first-order valence-electron chi connectivity index (χ1n) is 6.59. The van der Waals surface area contributed by atoms with Crippen molar-refractivity contribution >= 4 is 11.6 Å². The predicted octanol–water partition coefficient (Wildman–Crippen LogP) is 2.54. The number of rotatable bonds is 4. The Bertz CT molecular complexity index is 430. The van der Waals surface area contributed by atoms with Crippen LogP contribution in [-0.4, -0.2) is 25.9 Å². The van der Waals surface area contributed by atoms with Crippen LogP contribution in [0.5, 0.6) is 5.75 Å². The van der Waals surface area contributed by atoms with E-state index < -0.39 is 0 Å². The minimum atomic E-state index is 0.373. The summed E-state index contributed by atoms with van der Waals surface area (Å²) >= 11 is 6.13. The maximum atomic E-state index is 6.13. The number of benzene rings is 1. The minimum absolute atomic E-state index is 0.373. The van der Waals surface area contributed by atoms with Gasteiger partial charge >= 0.3 is 0 Å². The van der Waals surface area contributed by atoms with E-state index in [4.69, 9.17) is 21.1 Å². The van der Waals surface area contributed by atoms with Gasteiger partial charge in [-0.3, -0.25) is 0 Å². The van der Waals surface area contributed by atoms with Crippen LogP contribution < -0.4 is 10.1 Å². The summed E-state index contributed by atoms with van der Waals surface area (Å²) in [6.45, 7) is 3.38. The van der Waals surface area contributed by atoms with Gasteiger partial charge in [-0.1, -0.05) is 11.6 Å². The van der Waals surface area contributed by atoms with Gasteiger partial charge in [0.1, 0.15) is 5.75 Å². The lowest BCUT2D eigenvalue weighted by atomic mass is 10.1. The molecule has 1 saturated heterocycles. The van der Waals surface area contributed by atoms with E-state index >= 15 is 0 Å². The molecule has 1 aromatic rings. The summed E-state index contributed by atoms with van der Waals surface area (Å²) in [7, 11) is 0. The Labute approximate surface area is 112 Å². The molecule has 4 heteroatoms. The predicted molar refractivity (Wildman–Crippen MR) is 71.3 cm³/mol. The second kappa shape index (κ2) is 5.47. The highest BCUT2D eigenvalue weighted by Gasteiger charge is 2.18. The van der Waals surface area contributed by atoms with Crippen LogP contribution in [0.4, 0.5) is 0 Å². The molecular formula is C14H18ClNO2. The minimum Gasteiger partial charge on any atom is -0.493 e. The van der Waals surface area contributed by atoms with Crippen LogP contribution in [0.1, 0.15) is 24.0 Å². The van der Waals surface area contributed by atoms with Crippen LogP contribution in [0.25, 0.3) is 0 Å². The zero-order valence-electron chi connectivity index (χ0n) is 10.4. The first-order chi connectivity index (χ1) is 8.83. The fraction of sp³-hybridized carbons (Fsp3) is 0.571. The van der Waals surface area contributed by atoms with Gasteiger partial charge in [-0.2, -0.15) is 0 Å². The molecule has 3 nitrogen and oxygen atoms in total. The van der Waals surface area contributed by atoms with Crippen molar-refractivity contribution in [1.82, 2.24) is 5.32 Å². The Hall–Kier alpha value is -0.770. The van der Waals surface area contributed by atoms with Gasteiger partial charge in [0.25, 0.3) is 0 Å². The Morgan fingerprint density at radius 3 is 3.11 bits per heavy atom. The van der Waals surface area contributed by atoms with Crippen LogP contribution in [0.2, 0.25) is 5.02 Å². The third-order valence-electron chi connectivity index (χ3n) is 3.54. The maximum Gasteiger partial charge on any atom is 0.127 e. The molecule has 0 aromatic heterocycles. The largest absolute Gasteiger partial charge is 0.493 e. The lowest BCUT2D eigenvalue weighted by Gasteiger charge is -2.13. The second-order valence-electron chi connectivity index (χ2n) is 4.92. The van der Waals surface area contributed by atoms with Crippen molar-refractivity contribution in [2.24, 2.45) is 0 Å². The second-order valence-corrected chi connectivity index (χ2v) is 5.35. The first kappa shape index (κ1) is 12.3. The quantitative estimate of drug-likeness (QED) is 0.909. The van der Waals surface area contributed by atoms with Gasteiger partial charge < -0.3 is 14.8 Å². The van der Waals surface area contributed by atoms with Crippen LogP contribution in [0.3, 0.4) is 0 Å². The number of ether oxygens (including phenoxy) is 2. The smallest absolute Gasteiger partial charge is 0.127 e. The number of hydrogen-bond donors (Lipinski definition) is 1. The van der Waals surface area contributed by atoms with Crippen molar-refractivity contribution in [2.45, 2.75) is 31.9 Å². The number of halogens is 1. The fourth-order valence-corrected chi connectivity index (χ4v) is 2.91. The fourth-order valence-electron chi connectivity index (χ4n) is 2.65. The molecule has 18 heavy (non-hydrogen) atoms. The van der Waals surface area contributed by atoms with Crippen LogP contribution >= 0.6 is 11.6 Å². The number of nitrogens with one attached hydrogen (secondary N) is 1. The summed E-state index contributed by atoms with van der Waals surface area (Å²) in [5.41, 5.74) is 2.39. The molecular weight excluding hydrogens is 250 g/mol. The van der Waals surface area contributed by atoms with Gasteiger partial charge in [-0.25, -0.2) is 0 Å². The molecule has 3 rings (SSSR count). The molecule has 98 valence electrons. The van der Waals surface area contributed by atoms with E-state index in [1.54, 1.807) is 0 Å². The lowest BCUT2D eigenvalue weighted by molar-refractivity contribution is 0.110. The standard InChI is InChI=1S/C14H18ClNO2/c15-12-6-10-3-5-18-14(10)11(7-12)8-16-9-13-2-1-4-17-13/h6-7,13,16H,1-5,8-9H2. The van der Waals surface area contributed by atoms with Gasteiger partial charge in [-0.15, -0.1) is 0 Å². The topological polar surface area (TPSA) is 30.5 Å². The molecule has 2 heterocycles. The van der Waals surface area contributed by atoms with E-state index in [1.807, 2.05) is 12.1 Å². The van der Waals surface area contributed by atoms with E-state index in [2.05, 4.69) is 5.32 Å². The molecule has 1 fully saturated rings. The molecule has 0 radical (unpaired) electrons. The van der Waals surface area contributed by atoms with Crippen LogP contribution in [0.15, 0.2) is 12.1 Å². The van der Waals surface area contributed by atoms with Crippen molar-refractivity contribution in [2.75, 3.05) is 19.8 Å². The third kappa shape index (κ3) is 2.63. The lowest BCUT2D eigenvalue weighted by Crippen LogP contribution is -2.25. The Balaban J connectivity index is 1.61. The summed E-state index contributed by atoms with van der Waals surface area (Å²) in [4.78, 5) is 0. The Kier molecular flexibility index (Phi) is 3.73. The molecule has 1 N–H and O–H groups in total. The van der Waals surface area contributed by atoms with Crippen molar-refractivity contribution in [1.29, 1.82) is 0 Å². The summed E-state index contributed by atoms with van der Waals surface area (Å²) in [6, 6.07) is 4.00. The van der Waals surface area contributed by atoms with E-state index in [9.17, 15) is 0 Å². The summed E-state index contributed by atoms with van der Waals surface area (Å²) in [5, 5.41) is 4.24. The molecule has 1 unspecified atom stereocenters. The van der Waals surface area contributed by atoms with Crippen LogP contribution in [-0.2, 0) is 17.7 Å². The average Bonchev–Trinajstić information content (AvgIpc) is 2.98. The van der Waals surface area contributed by atoms with Crippen molar-refractivity contribution in [3.8, 4) is 5.75 Å². The Morgan fingerprint density at radius 2 is 2.28 bits per heavy atom. The SMILES string of the molecule is Clc1cc2c(c(CNCC3CCCO3)c1)OCC2. The van der Waals surface area contributed by atoms with E-state index in [0.717, 1.165) is 55.5 Å². The average molecular weight is 268 g/mol. The van der Waals surface area contributed by atoms with Gasteiger partial charge in [0.05, 0.1) is 12.7 Å². The van der Waals surface area contributed by atoms with Crippen molar-refractivity contribution in [3.63, 3.8) is 0 Å². The first-order valence-corrected chi connectivity index (χ1v) is 6.97. The third-order valence-corrected chi connectivity index (χ3v) is 3.76. The van der Waals surface area contributed by atoms with Crippen LogP contribution in [0, 0.1) is 0 Å². The molecule has 1 aromatic carbocycles. The van der Waals surface area contributed by atoms with Crippen molar-refractivity contribution in [3.05, 3.63) is 28.3 Å². The zero-order valence-corrected chi connectivity index (χ0v) is 11.1. The highest BCUT2D eigenvalue weighted by atomic mass is 35.5. The molecule has 0 amide bonds. The highest BCUT2D eigenvalue weighted by Crippen LogP contribution is 2.32. The van der Waals surface area contributed by atoms with E-state index in [1.165, 1.54) is 12.0 Å². The van der Waals surface area contributed by atoms with Gasteiger partial charge in [0.2, 0.25) is 0 Å². The normalized spacial score (nSPS) is 21.9. The summed E-state index contributed by atoms with van der Waals surface area (Å²) in [6.07, 6.45) is 3.69. The highest BCUT2D eigenvalue weighted by molar-refractivity contribution is 6.30. The summed E-state index contributed by atoms with van der Waals surface area (Å²) < 4.78 is 11.3. The van der Waals surface area contributed by atoms with Crippen molar-refractivity contribution < 1.29 is 9.47 Å². The maximum absolute atomic E-state index is 6.13. The monoisotopic (exact) mass is 267 g/mol. The van der Waals surface area contributed by atoms with E-state index in [-0.39, 0.29) is 0 Å². The number of fused-ring (bicyclic) bond motifs is 1. The molecule has 0 aliphatic carbocycles. The van der Waals surface area contributed by atoms with Gasteiger partial charge in [0.15, 0.2) is 0 Å². The van der Waals surface area contributed by atoms with Gasteiger partial charge in [-0.05, 0) is 30.5 Å². The molecule has 0 spiro atoms. The summed E-state index contributed by atoms with van der Waals surface area (Å²) in [5.74, 6) is 1.03. The zero-order chi connectivity index (χ0) is 12.4. The van der Waals surface area contributed by atoms with E-state index in [0.29, 0.717) is 6.10 Å².